The summed E-state index contributed by atoms with van der Waals surface area (Å²) >= 11 is 0. The first-order valence-corrected chi connectivity index (χ1v) is 2.41. The molecule has 0 radical (unpaired) electrons. The molecule has 50 valence electrons. The highest BCUT2D eigenvalue weighted by molar-refractivity contribution is 5.75. The molecule has 0 aliphatic rings. The van der Waals surface area contributed by atoms with Crippen molar-refractivity contribution in [3.63, 3.8) is 0 Å². The maximum Gasteiger partial charge on any atom is 0.323 e. The van der Waals surface area contributed by atoms with Crippen molar-refractivity contribution in [1.29, 1.82) is 0 Å². The SMILES string of the molecule is C#CC(CO)C(=O)OC. The minimum atomic E-state index is -0.810. The second-order valence-corrected chi connectivity index (χ2v) is 1.42. The summed E-state index contributed by atoms with van der Waals surface area (Å²) in [5, 5.41) is 8.38. The predicted octanol–water partition coefficient (Wildman–Crippen LogP) is -0.599. The van der Waals surface area contributed by atoms with Crippen molar-refractivity contribution in [3.05, 3.63) is 0 Å². The van der Waals surface area contributed by atoms with Gasteiger partial charge in [-0.2, -0.15) is 0 Å². The van der Waals surface area contributed by atoms with Crippen LogP contribution in [0.25, 0.3) is 0 Å². The fourth-order valence-corrected chi connectivity index (χ4v) is 0.338. The largest absolute Gasteiger partial charge is 0.468 e. The van der Waals surface area contributed by atoms with Gasteiger partial charge in [0.1, 0.15) is 5.92 Å². The fourth-order valence-electron chi connectivity index (χ4n) is 0.338. The predicted molar refractivity (Wildman–Crippen MR) is 31.4 cm³/mol. The number of rotatable bonds is 2. The average Bonchev–Trinajstić information content (AvgIpc) is 1.90. The van der Waals surface area contributed by atoms with Gasteiger partial charge >= 0.3 is 5.97 Å². The van der Waals surface area contributed by atoms with Crippen LogP contribution in [0.15, 0.2) is 0 Å². The molecule has 1 atom stereocenters. The van der Waals surface area contributed by atoms with Gasteiger partial charge < -0.3 is 9.84 Å². The Bertz CT molecular complexity index is 134. The van der Waals surface area contributed by atoms with Crippen LogP contribution in [0, 0.1) is 18.3 Å². The van der Waals surface area contributed by atoms with Crippen molar-refractivity contribution in [3.8, 4) is 12.3 Å². The van der Waals surface area contributed by atoms with Gasteiger partial charge in [0, 0.05) is 0 Å². The number of hydrogen-bond donors (Lipinski definition) is 1. The first-order valence-electron chi connectivity index (χ1n) is 2.41. The van der Waals surface area contributed by atoms with Gasteiger partial charge in [0.05, 0.1) is 13.7 Å². The Hall–Kier alpha value is -1.01. The van der Waals surface area contributed by atoms with Crippen LogP contribution in [0.3, 0.4) is 0 Å². The molecule has 0 aromatic carbocycles. The molecule has 0 fully saturated rings. The summed E-state index contributed by atoms with van der Waals surface area (Å²) in [6.07, 6.45) is 4.85. The Morgan fingerprint density at radius 2 is 2.56 bits per heavy atom. The van der Waals surface area contributed by atoms with Crippen LogP contribution >= 0.6 is 0 Å². The lowest BCUT2D eigenvalue weighted by Gasteiger charge is -2.01. The van der Waals surface area contributed by atoms with Crippen molar-refractivity contribution in [2.75, 3.05) is 13.7 Å². The summed E-state index contributed by atoms with van der Waals surface area (Å²) in [5.74, 6) is 0.698. The van der Waals surface area contributed by atoms with Crippen molar-refractivity contribution in [2.24, 2.45) is 5.92 Å². The first kappa shape index (κ1) is 7.99. The molecular formula is C6H8O3. The summed E-state index contributed by atoms with van der Waals surface area (Å²) in [6, 6.07) is 0. The van der Waals surface area contributed by atoms with E-state index in [9.17, 15) is 4.79 Å². The highest BCUT2D eigenvalue weighted by atomic mass is 16.5. The van der Waals surface area contributed by atoms with E-state index in [0.717, 1.165) is 0 Å². The number of aliphatic hydroxyl groups is 1. The summed E-state index contributed by atoms with van der Waals surface area (Å²) < 4.78 is 4.25. The molecule has 0 aliphatic heterocycles. The van der Waals surface area contributed by atoms with E-state index in [1.165, 1.54) is 7.11 Å². The van der Waals surface area contributed by atoms with Gasteiger partial charge in [-0.05, 0) is 0 Å². The molecule has 9 heavy (non-hydrogen) atoms. The van der Waals surface area contributed by atoms with E-state index in [2.05, 4.69) is 10.7 Å². The van der Waals surface area contributed by atoms with Crippen LogP contribution in [0.5, 0.6) is 0 Å². The topological polar surface area (TPSA) is 46.5 Å². The van der Waals surface area contributed by atoms with E-state index >= 15 is 0 Å². The Balaban J connectivity index is 3.84. The number of carbonyl (C=O) groups excluding carboxylic acids is 1. The lowest BCUT2D eigenvalue weighted by atomic mass is 10.2. The average molecular weight is 128 g/mol. The van der Waals surface area contributed by atoms with Crippen LogP contribution in [0.1, 0.15) is 0 Å². The molecule has 3 heteroatoms. The van der Waals surface area contributed by atoms with E-state index in [4.69, 9.17) is 11.5 Å². The van der Waals surface area contributed by atoms with Crippen LogP contribution in [0.4, 0.5) is 0 Å². The summed E-state index contributed by atoms with van der Waals surface area (Å²) in [6.45, 7) is -0.358. The second kappa shape index (κ2) is 3.93. The van der Waals surface area contributed by atoms with E-state index < -0.39 is 11.9 Å². The molecule has 0 saturated carbocycles. The molecule has 0 aromatic rings. The number of carbonyl (C=O) groups is 1. The Labute approximate surface area is 53.6 Å². The van der Waals surface area contributed by atoms with Crippen molar-refractivity contribution in [2.45, 2.75) is 0 Å². The Kier molecular flexibility index (Phi) is 3.49. The zero-order chi connectivity index (χ0) is 7.28. The zero-order valence-electron chi connectivity index (χ0n) is 5.13. The first-order chi connectivity index (χ1) is 4.26. The van der Waals surface area contributed by atoms with E-state index in [1.807, 2.05) is 0 Å². The van der Waals surface area contributed by atoms with Gasteiger partial charge in [-0.3, -0.25) is 4.79 Å². The summed E-state index contributed by atoms with van der Waals surface area (Å²) in [5.41, 5.74) is 0. The number of hydrogen-bond acceptors (Lipinski definition) is 3. The fraction of sp³-hybridized carbons (Fsp3) is 0.500. The lowest BCUT2D eigenvalue weighted by Crippen LogP contribution is -2.17. The maximum atomic E-state index is 10.4. The molecule has 0 heterocycles. The van der Waals surface area contributed by atoms with Gasteiger partial charge in [0.2, 0.25) is 0 Å². The maximum absolute atomic E-state index is 10.4. The number of ether oxygens (including phenoxy) is 1. The molecule has 0 spiro atoms. The van der Waals surface area contributed by atoms with Crippen molar-refractivity contribution in [1.82, 2.24) is 0 Å². The molecule has 0 bridgehead atoms. The highest BCUT2D eigenvalue weighted by Crippen LogP contribution is 1.93. The van der Waals surface area contributed by atoms with Crippen molar-refractivity contribution < 1.29 is 14.6 Å². The minimum Gasteiger partial charge on any atom is -0.468 e. The van der Waals surface area contributed by atoms with Crippen LogP contribution < -0.4 is 0 Å². The third-order valence-corrected chi connectivity index (χ3v) is 0.869. The third-order valence-electron chi connectivity index (χ3n) is 0.869. The number of terminal acetylenes is 1. The lowest BCUT2D eigenvalue weighted by molar-refractivity contribution is -0.144. The number of methoxy groups -OCH3 is 1. The van der Waals surface area contributed by atoms with Gasteiger partial charge in [0.15, 0.2) is 0 Å². The molecule has 0 aromatic heterocycles. The molecule has 0 rings (SSSR count). The van der Waals surface area contributed by atoms with Gasteiger partial charge in [0.25, 0.3) is 0 Å². The smallest absolute Gasteiger partial charge is 0.323 e. The summed E-state index contributed by atoms with van der Waals surface area (Å²) in [4.78, 5) is 10.4. The van der Waals surface area contributed by atoms with E-state index in [1.54, 1.807) is 0 Å². The molecule has 0 aliphatic carbocycles. The standard InChI is InChI=1S/C6H8O3/c1-3-5(4-7)6(8)9-2/h1,5,7H,4H2,2H3. The molecule has 1 unspecified atom stereocenters. The monoisotopic (exact) mass is 128 g/mol. The zero-order valence-corrected chi connectivity index (χ0v) is 5.13. The van der Waals surface area contributed by atoms with E-state index in [-0.39, 0.29) is 6.61 Å². The second-order valence-electron chi connectivity index (χ2n) is 1.42. The van der Waals surface area contributed by atoms with Crippen LogP contribution in [-0.2, 0) is 9.53 Å². The van der Waals surface area contributed by atoms with Gasteiger partial charge in [-0.1, -0.05) is 5.92 Å². The quantitative estimate of drug-likeness (QED) is 0.399. The van der Waals surface area contributed by atoms with E-state index in [0.29, 0.717) is 0 Å². The van der Waals surface area contributed by atoms with Gasteiger partial charge in [-0.25, -0.2) is 0 Å². The Morgan fingerprint density at radius 1 is 2.00 bits per heavy atom. The van der Waals surface area contributed by atoms with Crippen molar-refractivity contribution >= 4 is 5.97 Å². The third kappa shape index (κ3) is 2.15. The molecule has 0 saturated heterocycles. The minimum absolute atomic E-state index is 0.358. The molecule has 0 amide bonds. The van der Waals surface area contributed by atoms with Gasteiger partial charge in [-0.15, -0.1) is 6.42 Å². The highest BCUT2D eigenvalue weighted by Gasteiger charge is 2.13. The molecular weight excluding hydrogens is 120 g/mol. The number of esters is 1. The molecule has 1 N–H and O–H groups in total. The van der Waals surface area contributed by atoms with Crippen LogP contribution in [-0.4, -0.2) is 24.8 Å². The normalized spacial score (nSPS) is 11.7. The summed E-state index contributed by atoms with van der Waals surface area (Å²) in [7, 11) is 1.22. The Morgan fingerprint density at radius 3 is 2.67 bits per heavy atom. The van der Waals surface area contributed by atoms with Crippen LogP contribution in [0.2, 0.25) is 0 Å². The number of aliphatic hydroxyl groups excluding tert-OH is 1. The molecule has 3 nitrogen and oxygen atoms in total.